The van der Waals surface area contributed by atoms with Gasteiger partial charge in [0, 0.05) is 29.9 Å². The average molecular weight is 320 g/mol. The van der Waals surface area contributed by atoms with Crippen molar-refractivity contribution in [2.24, 2.45) is 5.92 Å². The zero-order valence-electron chi connectivity index (χ0n) is 11.6. The van der Waals surface area contributed by atoms with E-state index in [0.717, 1.165) is 0 Å². The second-order valence-electron chi connectivity index (χ2n) is 4.69. The Morgan fingerprint density at radius 1 is 1.45 bits per heavy atom. The van der Waals surface area contributed by atoms with Gasteiger partial charge in [0.15, 0.2) is 0 Å². The van der Waals surface area contributed by atoms with Gasteiger partial charge >= 0.3 is 0 Å². The van der Waals surface area contributed by atoms with Gasteiger partial charge in [0.25, 0.3) is 15.0 Å². The molecule has 0 aliphatic heterocycles. The van der Waals surface area contributed by atoms with E-state index in [1.165, 1.54) is 18.2 Å². The summed E-state index contributed by atoms with van der Waals surface area (Å²) in [6.45, 7) is 4.67. The van der Waals surface area contributed by atoms with Crippen LogP contribution >= 0.6 is 10.7 Å². The molecule has 0 aliphatic rings. The van der Waals surface area contributed by atoms with Crippen LogP contribution < -0.4 is 5.32 Å². The molecule has 0 saturated carbocycles. The zero-order chi connectivity index (χ0) is 15.3. The summed E-state index contributed by atoms with van der Waals surface area (Å²) in [6.07, 6.45) is 0. The Kier molecular flexibility index (Phi) is 5.98. The molecule has 0 spiro atoms. The number of amides is 1. The SMILES string of the molecule is COCC(C)CNC(=O)c1ccc(S(=O)(=O)Cl)cc1C. The maximum atomic E-state index is 12.0. The first-order valence-corrected chi connectivity index (χ1v) is 8.39. The largest absolute Gasteiger partial charge is 0.384 e. The van der Waals surface area contributed by atoms with Gasteiger partial charge in [-0.05, 0) is 36.6 Å². The van der Waals surface area contributed by atoms with Gasteiger partial charge in [-0.15, -0.1) is 0 Å². The van der Waals surface area contributed by atoms with E-state index < -0.39 is 9.05 Å². The first kappa shape index (κ1) is 16.9. The van der Waals surface area contributed by atoms with Crippen molar-refractivity contribution >= 4 is 25.6 Å². The maximum Gasteiger partial charge on any atom is 0.261 e. The number of halogens is 1. The normalized spacial score (nSPS) is 13.0. The monoisotopic (exact) mass is 319 g/mol. The molecule has 0 aromatic heterocycles. The first-order valence-electron chi connectivity index (χ1n) is 6.08. The van der Waals surface area contributed by atoms with Crippen LogP contribution in [0.15, 0.2) is 23.1 Å². The summed E-state index contributed by atoms with van der Waals surface area (Å²) in [5.74, 6) is -0.0456. The molecule has 0 fully saturated rings. The van der Waals surface area contributed by atoms with Crippen LogP contribution in [0.3, 0.4) is 0 Å². The Labute approximate surface area is 123 Å². The maximum absolute atomic E-state index is 12.0. The van der Waals surface area contributed by atoms with E-state index in [2.05, 4.69) is 5.32 Å². The van der Waals surface area contributed by atoms with E-state index in [4.69, 9.17) is 15.4 Å². The highest BCUT2D eigenvalue weighted by atomic mass is 35.7. The van der Waals surface area contributed by atoms with Crippen LogP contribution in [-0.2, 0) is 13.8 Å². The van der Waals surface area contributed by atoms with Crippen LogP contribution in [-0.4, -0.2) is 34.6 Å². The second kappa shape index (κ2) is 7.06. The minimum atomic E-state index is -3.78. The Morgan fingerprint density at radius 2 is 2.10 bits per heavy atom. The molecule has 20 heavy (non-hydrogen) atoms. The zero-order valence-corrected chi connectivity index (χ0v) is 13.2. The number of ether oxygens (including phenoxy) is 1. The summed E-state index contributed by atoms with van der Waals surface area (Å²) in [7, 11) is 3.09. The Morgan fingerprint density at radius 3 is 2.60 bits per heavy atom. The van der Waals surface area contributed by atoms with Gasteiger partial charge in [0.1, 0.15) is 0 Å². The van der Waals surface area contributed by atoms with Gasteiger partial charge < -0.3 is 10.1 Å². The molecule has 0 saturated heterocycles. The minimum absolute atomic E-state index is 0.0130. The molecule has 1 aromatic rings. The third-order valence-electron chi connectivity index (χ3n) is 2.79. The molecule has 1 rings (SSSR count). The molecule has 112 valence electrons. The fourth-order valence-electron chi connectivity index (χ4n) is 1.75. The highest BCUT2D eigenvalue weighted by Crippen LogP contribution is 2.18. The number of rotatable bonds is 6. The average Bonchev–Trinajstić information content (AvgIpc) is 2.35. The van der Waals surface area contributed by atoms with E-state index in [-0.39, 0.29) is 16.7 Å². The van der Waals surface area contributed by atoms with Gasteiger partial charge in [0.2, 0.25) is 0 Å². The number of carbonyl (C=O) groups excluding carboxylic acids is 1. The lowest BCUT2D eigenvalue weighted by atomic mass is 10.1. The Balaban J connectivity index is 2.80. The van der Waals surface area contributed by atoms with Gasteiger partial charge in [-0.1, -0.05) is 6.92 Å². The van der Waals surface area contributed by atoms with Crippen LogP contribution in [0.4, 0.5) is 0 Å². The van der Waals surface area contributed by atoms with Crippen molar-refractivity contribution in [1.82, 2.24) is 5.32 Å². The fraction of sp³-hybridized carbons (Fsp3) is 0.462. The van der Waals surface area contributed by atoms with Crippen LogP contribution in [0.2, 0.25) is 0 Å². The summed E-state index contributed by atoms with van der Waals surface area (Å²) in [5.41, 5.74) is 0.988. The van der Waals surface area contributed by atoms with Crippen molar-refractivity contribution in [2.75, 3.05) is 20.3 Å². The molecule has 1 unspecified atom stereocenters. The smallest absolute Gasteiger partial charge is 0.261 e. The van der Waals surface area contributed by atoms with Gasteiger partial charge in [-0.2, -0.15) is 0 Å². The Hall–Kier alpha value is -1.11. The van der Waals surface area contributed by atoms with Crippen LogP contribution in [0.1, 0.15) is 22.8 Å². The van der Waals surface area contributed by atoms with E-state index in [0.29, 0.717) is 24.3 Å². The molecule has 1 atom stereocenters. The molecule has 0 bridgehead atoms. The number of methoxy groups -OCH3 is 1. The number of carbonyl (C=O) groups is 1. The standard InChI is InChI=1S/C13H18ClNO4S/c1-9(8-19-3)7-15-13(16)12-5-4-11(6-10(12)2)20(14,17)18/h4-6,9H,7-8H2,1-3H3,(H,15,16). The summed E-state index contributed by atoms with van der Waals surface area (Å²) in [6, 6.07) is 4.17. The summed E-state index contributed by atoms with van der Waals surface area (Å²) in [5, 5.41) is 2.78. The van der Waals surface area contributed by atoms with Crippen molar-refractivity contribution in [3.8, 4) is 0 Å². The molecule has 0 heterocycles. The van der Waals surface area contributed by atoms with Gasteiger partial charge in [0.05, 0.1) is 11.5 Å². The van der Waals surface area contributed by atoms with Crippen molar-refractivity contribution in [3.63, 3.8) is 0 Å². The molecule has 0 aliphatic carbocycles. The third-order valence-corrected chi connectivity index (χ3v) is 4.14. The van der Waals surface area contributed by atoms with Crippen LogP contribution in [0, 0.1) is 12.8 Å². The van der Waals surface area contributed by atoms with Gasteiger partial charge in [-0.25, -0.2) is 8.42 Å². The van der Waals surface area contributed by atoms with E-state index in [1.54, 1.807) is 14.0 Å². The first-order chi connectivity index (χ1) is 9.25. The number of benzene rings is 1. The number of hydrogen-bond acceptors (Lipinski definition) is 4. The van der Waals surface area contributed by atoms with Crippen LogP contribution in [0.25, 0.3) is 0 Å². The lowest BCUT2D eigenvalue weighted by molar-refractivity contribution is 0.0933. The number of aryl methyl sites for hydroxylation is 1. The summed E-state index contributed by atoms with van der Waals surface area (Å²) >= 11 is 0. The lowest BCUT2D eigenvalue weighted by Crippen LogP contribution is -2.30. The number of hydrogen-bond donors (Lipinski definition) is 1. The van der Waals surface area contributed by atoms with Crippen molar-refractivity contribution in [3.05, 3.63) is 29.3 Å². The van der Waals surface area contributed by atoms with Crippen molar-refractivity contribution in [1.29, 1.82) is 0 Å². The molecule has 1 N–H and O–H groups in total. The highest BCUT2D eigenvalue weighted by Gasteiger charge is 2.15. The summed E-state index contributed by atoms with van der Waals surface area (Å²) < 4.78 is 27.4. The predicted molar refractivity (Wildman–Crippen MR) is 77.6 cm³/mol. The topological polar surface area (TPSA) is 72.5 Å². The molecular formula is C13H18ClNO4S. The molecule has 5 nitrogen and oxygen atoms in total. The third kappa shape index (κ3) is 4.77. The fourth-order valence-corrected chi connectivity index (χ4v) is 2.58. The van der Waals surface area contributed by atoms with Gasteiger partial charge in [-0.3, -0.25) is 4.79 Å². The number of nitrogens with one attached hydrogen (secondary N) is 1. The quantitative estimate of drug-likeness (QED) is 0.813. The van der Waals surface area contributed by atoms with E-state index in [9.17, 15) is 13.2 Å². The molecule has 0 radical (unpaired) electrons. The Bertz CT molecular complexity index is 586. The highest BCUT2D eigenvalue weighted by molar-refractivity contribution is 8.13. The molecule has 1 aromatic carbocycles. The molecule has 1 amide bonds. The lowest BCUT2D eigenvalue weighted by Gasteiger charge is -2.12. The second-order valence-corrected chi connectivity index (χ2v) is 7.25. The van der Waals surface area contributed by atoms with E-state index >= 15 is 0 Å². The van der Waals surface area contributed by atoms with Crippen LogP contribution in [0.5, 0.6) is 0 Å². The van der Waals surface area contributed by atoms with Crippen molar-refractivity contribution in [2.45, 2.75) is 18.7 Å². The van der Waals surface area contributed by atoms with Crippen molar-refractivity contribution < 1.29 is 17.9 Å². The molecule has 7 heteroatoms. The van der Waals surface area contributed by atoms with E-state index in [1.807, 2.05) is 6.92 Å². The summed E-state index contributed by atoms with van der Waals surface area (Å²) in [4.78, 5) is 12.0. The predicted octanol–water partition coefficient (Wildman–Crippen LogP) is 1.93. The molecular weight excluding hydrogens is 302 g/mol. The minimum Gasteiger partial charge on any atom is -0.384 e.